The van der Waals surface area contributed by atoms with E-state index in [2.05, 4.69) is 20.9 Å². The molecular formula is C15H25IN4O3. The highest BCUT2D eigenvalue weighted by Crippen LogP contribution is 2.29. The maximum atomic E-state index is 11.5. The van der Waals surface area contributed by atoms with E-state index in [0.717, 1.165) is 5.69 Å². The second-order valence-electron chi connectivity index (χ2n) is 4.34. The number of amides is 1. The third-order valence-electron chi connectivity index (χ3n) is 2.75. The number of carbonyl (C=O) groups excluding carboxylic acids is 1. The minimum Gasteiger partial charge on any atom is -0.493 e. The maximum absolute atomic E-state index is 11.5. The number of nitrogens with zero attached hydrogens (tertiary/aromatic N) is 1. The predicted molar refractivity (Wildman–Crippen MR) is 103 cm³/mol. The minimum atomic E-state index is -0.119. The molecule has 0 aliphatic rings. The number of hydrogen-bond acceptors (Lipinski definition) is 4. The van der Waals surface area contributed by atoms with Gasteiger partial charge in [-0.2, -0.15) is 0 Å². The molecule has 1 amide bonds. The van der Waals surface area contributed by atoms with Gasteiger partial charge in [0, 0.05) is 24.8 Å². The van der Waals surface area contributed by atoms with Crippen molar-refractivity contribution >= 4 is 41.5 Å². The molecule has 23 heavy (non-hydrogen) atoms. The Morgan fingerprint density at radius 3 is 2.30 bits per heavy atom. The van der Waals surface area contributed by atoms with Gasteiger partial charge < -0.3 is 25.4 Å². The number of guanidine groups is 1. The summed E-state index contributed by atoms with van der Waals surface area (Å²) < 4.78 is 10.5. The lowest BCUT2D eigenvalue weighted by molar-refractivity contribution is -0.119. The lowest BCUT2D eigenvalue weighted by Crippen LogP contribution is -2.33. The van der Waals surface area contributed by atoms with Crippen LogP contribution in [0.4, 0.5) is 5.69 Å². The molecule has 0 aliphatic heterocycles. The number of benzene rings is 1. The van der Waals surface area contributed by atoms with E-state index in [1.165, 1.54) is 0 Å². The first kappa shape index (κ1) is 21.3. The van der Waals surface area contributed by atoms with Crippen LogP contribution in [0.15, 0.2) is 23.2 Å². The number of likely N-dealkylation sites (N-methyl/N-ethyl adjacent to an activating group) is 1. The molecule has 8 heteroatoms. The molecule has 0 atom stereocenters. The zero-order valence-electron chi connectivity index (χ0n) is 13.9. The molecule has 7 nitrogen and oxygen atoms in total. The quantitative estimate of drug-likeness (QED) is 0.345. The van der Waals surface area contributed by atoms with Gasteiger partial charge in [-0.3, -0.25) is 4.79 Å². The Kier molecular flexibility index (Phi) is 10.9. The summed E-state index contributed by atoms with van der Waals surface area (Å²) >= 11 is 0. The Bertz CT molecular complexity index is 523. The van der Waals surface area contributed by atoms with Gasteiger partial charge in [-0.25, -0.2) is 4.99 Å². The van der Waals surface area contributed by atoms with Gasteiger partial charge in [0.25, 0.3) is 0 Å². The summed E-state index contributed by atoms with van der Waals surface area (Å²) in [6.45, 7) is 5.17. The van der Waals surface area contributed by atoms with Crippen LogP contribution in [0.25, 0.3) is 0 Å². The molecule has 0 bridgehead atoms. The number of anilines is 1. The Balaban J connectivity index is 0.00000484. The summed E-state index contributed by atoms with van der Waals surface area (Å²) in [6.07, 6.45) is 0. The lowest BCUT2D eigenvalue weighted by Gasteiger charge is -2.13. The van der Waals surface area contributed by atoms with Crippen LogP contribution in [0, 0.1) is 0 Å². The van der Waals surface area contributed by atoms with Crippen LogP contribution in [0.5, 0.6) is 11.5 Å². The summed E-state index contributed by atoms with van der Waals surface area (Å²) in [7, 11) is 3.17. The van der Waals surface area contributed by atoms with Gasteiger partial charge in [-0.15, -0.1) is 24.0 Å². The smallest absolute Gasteiger partial charge is 0.241 e. The number of rotatable bonds is 7. The molecule has 0 saturated carbocycles. The second-order valence-corrected chi connectivity index (χ2v) is 4.34. The Morgan fingerprint density at radius 2 is 1.74 bits per heavy atom. The first-order valence-electron chi connectivity index (χ1n) is 7.18. The van der Waals surface area contributed by atoms with Crippen molar-refractivity contribution in [3.05, 3.63) is 18.2 Å². The van der Waals surface area contributed by atoms with E-state index < -0.39 is 0 Å². The van der Waals surface area contributed by atoms with Crippen molar-refractivity contribution in [2.75, 3.05) is 39.2 Å². The van der Waals surface area contributed by atoms with E-state index in [9.17, 15) is 4.79 Å². The minimum absolute atomic E-state index is 0. The molecule has 0 heterocycles. The average molecular weight is 436 g/mol. The SMILES string of the molecule is CCNC(=O)CN=C(NCC)Nc1ccc(OC)c(OC)c1.I. The van der Waals surface area contributed by atoms with E-state index in [1.54, 1.807) is 26.4 Å². The van der Waals surface area contributed by atoms with E-state index in [4.69, 9.17) is 9.47 Å². The molecule has 0 radical (unpaired) electrons. The van der Waals surface area contributed by atoms with Crippen LogP contribution in [0.2, 0.25) is 0 Å². The number of halogens is 1. The zero-order valence-corrected chi connectivity index (χ0v) is 16.3. The summed E-state index contributed by atoms with van der Waals surface area (Å²) in [4.78, 5) is 15.7. The molecule has 1 aromatic carbocycles. The van der Waals surface area contributed by atoms with E-state index in [-0.39, 0.29) is 36.4 Å². The van der Waals surface area contributed by atoms with Crippen LogP contribution < -0.4 is 25.4 Å². The number of hydrogen-bond donors (Lipinski definition) is 3. The number of carbonyl (C=O) groups is 1. The second kappa shape index (κ2) is 11.8. The highest BCUT2D eigenvalue weighted by Gasteiger charge is 2.06. The van der Waals surface area contributed by atoms with Crippen LogP contribution >= 0.6 is 24.0 Å². The van der Waals surface area contributed by atoms with Gasteiger partial charge in [0.1, 0.15) is 6.54 Å². The molecular weight excluding hydrogens is 411 g/mol. The van der Waals surface area contributed by atoms with Gasteiger partial charge in [0.05, 0.1) is 14.2 Å². The fraction of sp³-hybridized carbons (Fsp3) is 0.467. The van der Waals surface area contributed by atoms with E-state index >= 15 is 0 Å². The predicted octanol–water partition coefficient (Wildman–Crippen LogP) is 1.84. The van der Waals surface area contributed by atoms with Crippen molar-refractivity contribution in [2.45, 2.75) is 13.8 Å². The molecule has 0 fully saturated rings. The molecule has 0 unspecified atom stereocenters. The van der Waals surface area contributed by atoms with Crippen LogP contribution in [0.1, 0.15) is 13.8 Å². The molecule has 0 aromatic heterocycles. The summed E-state index contributed by atoms with van der Waals surface area (Å²) in [5.74, 6) is 1.68. The van der Waals surface area contributed by atoms with Gasteiger partial charge in [0.2, 0.25) is 5.91 Å². The normalized spacial score (nSPS) is 10.3. The van der Waals surface area contributed by atoms with Crippen molar-refractivity contribution in [1.82, 2.24) is 10.6 Å². The molecule has 3 N–H and O–H groups in total. The van der Waals surface area contributed by atoms with Gasteiger partial charge in [0.15, 0.2) is 17.5 Å². The van der Waals surface area contributed by atoms with Crippen molar-refractivity contribution in [1.29, 1.82) is 0 Å². The van der Waals surface area contributed by atoms with Crippen molar-refractivity contribution in [3.63, 3.8) is 0 Å². The number of ether oxygens (including phenoxy) is 2. The molecule has 0 saturated heterocycles. The highest BCUT2D eigenvalue weighted by atomic mass is 127. The third kappa shape index (κ3) is 7.40. The fourth-order valence-electron chi connectivity index (χ4n) is 1.76. The van der Waals surface area contributed by atoms with Crippen molar-refractivity contribution in [2.24, 2.45) is 4.99 Å². The first-order valence-corrected chi connectivity index (χ1v) is 7.18. The molecule has 0 spiro atoms. The van der Waals surface area contributed by atoms with Gasteiger partial charge >= 0.3 is 0 Å². The maximum Gasteiger partial charge on any atom is 0.241 e. The fourth-order valence-corrected chi connectivity index (χ4v) is 1.76. The summed E-state index contributed by atoms with van der Waals surface area (Å²) in [5.41, 5.74) is 0.785. The van der Waals surface area contributed by atoms with Crippen LogP contribution in [-0.4, -0.2) is 45.7 Å². The summed E-state index contributed by atoms with van der Waals surface area (Å²) in [6, 6.07) is 5.45. The molecule has 1 rings (SSSR count). The summed E-state index contributed by atoms with van der Waals surface area (Å²) in [5, 5.41) is 8.91. The number of methoxy groups -OCH3 is 2. The number of nitrogens with one attached hydrogen (secondary N) is 3. The van der Waals surface area contributed by atoms with E-state index in [1.807, 2.05) is 19.9 Å². The average Bonchev–Trinajstić information content (AvgIpc) is 2.53. The van der Waals surface area contributed by atoms with Crippen LogP contribution in [0.3, 0.4) is 0 Å². The standard InChI is InChI=1S/C15H24N4O3.HI/c1-5-16-14(20)10-18-15(17-6-2)19-11-7-8-12(21-3)13(9-11)22-4;/h7-9H,5-6,10H2,1-4H3,(H,16,20)(H2,17,18,19);1H. The molecule has 130 valence electrons. The Morgan fingerprint density at radius 1 is 1.09 bits per heavy atom. The largest absolute Gasteiger partial charge is 0.493 e. The number of aliphatic imine (C=N–C) groups is 1. The highest BCUT2D eigenvalue weighted by molar-refractivity contribution is 14.0. The molecule has 1 aromatic rings. The van der Waals surface area contributed by atoms with Gasteiger partial charge in [-0.1, -0.05) is 0 Å². The Labute approximate surface area is 154 Å². The van der Waals surface area contributed by atoms with E-state index in [0.29, 0.717) is 30.5 Å². The van der Waals surface area contributed by atoms with Gasteiger partial charge in [-0.05, 0) is 26.0 Å². The molecule has 0 aliphatic carbocycles. The topological polar surface area (TPSA) is 84.0 Å². The van der Waals surface area contributed by atoms with Crippen molar-refractivity contribution < 1.29 is 14.3 Å². The lowest BCUT2D eigenvalue weighted by atomic mass is 10.3. The zero-order chi connectivity index (χ0) is 16.4. The Hall–Kier alpha value is -1.71. The first-order chi connectivity index (χ1) is 10.6. The monoisotopic (exact) mass is 436 g/mol. The van der Waals surface area contributed by atoms with Crippen molar-refractivity contribution in [3.8, 4) is 11.5 Å². The third-order valence-corrected chi connectivity index (χ3v) is 2.75. The van der Waals surface area contributed by atoms with Crippen LogP contribution in [-0.2, 0) is 4.79 Å².